The van der Waals surface area contributed by atoms with Gasteiger partial charge in [-0.25, -0.2) is 9.97 Å². The second-order valence-corrected chi connectivity index (χ2v) is 2.55. The van der Waals surface area contributed by atoms with Crippen molar-refractivity contribution in [2.45, 2.75) is 0 Å². The van der Waals surface area contributed by atoms with Gasteiger partial charge in [0.05, 0.1) is 11.3 Å². The zero-order chi connectivity index (χ0) is 9.42. The molecule has 0 amide bonds. The molecule has 64 valence electrons. The molecule has 2 N–H and O–H groups in total. The molecule has 1 aliphatic carbocycles. The van der Waals surface area contributed by atoms with E-state index in [4.69, 9.17) is 5.73 Å². The number of Topliss-reactive ketones (excluding diaryl/α,β-unsaturated/α-hetero) is 1. The highest BCUT2D eigenvalue weighted by Gasteiger charge is 2.21. The number of nitrogen functional groups attached to an aromatic ring is 1. The molecule has 1 aromatic rings. The largest absolute Gasteiger partial charge is 0.368 e. The Labute approximate surface area is 73.3 Å². The number of rotatable bonds is 0. The van der Waals surface area contributed by atoms with Crippen LogP contribution >= 0.6 is 0 Å². The van der Waals surface area contributed by atoms with Gasteiger partial charge >= 0.3 is 0 Å². The minimum atomic E-state index is -0.586. The Morgan fingerprint density at radius 3 is 2.77 bits per heavy atom. The molecule has 0 spiro atoms. The Hall–Kier alpha value is -2.04. The summed E-state index contributed by atoms with van der Waals surface area (Å²) in [5.41, 5.74) is 5.92. The summed E-state index contributed by atoms with van der Waals surface area (Å²) in [6.45, 7) is 0. The highest BCUT2D eigenvalue weighted by Crippen LogP contribution is 2.14. The number of nitrogens with zero attached hydrogens (tertiary/aromatic N) is 2. The van der Waals surface area contributed by atoms with E-state index in [0.29, 0.717) is 5.69 Å². The molecule has 1 aromatic heterocycles. The summed E-state index contributed by atoms with van der Waals surface area (Å²) >= 11 is 0. The summed E-state index contributed by atoms with van der Waals surface area (Å²) in [4.78, 5) is 29.6. The smallest absolute Gasteiger partial charge is 0.236 e. The Morgan fingerprint density at radius 1 is 1.23 bits per heavy atom. The zero-order valence-corrected chi connectivity index (χ0v) is 6.52. The second kappa shape index (κ2) is 2.48. The van der Waals surface area contributed by atoms with Gasteiger partial charge in [0.25, 0.3) is 0 Å². The molecule has 0 atom stereocenters. The summed E-state index contributed by atoms with van der Waals surface area (Å²) < 4.78 is 0. The fraction of sp³-hybridized carbons (Fsp3) is 0. The van der Waals surface area contributed by atoms with E-state index >= 15 is 0 Å². The molecular weight excluding hydrogens is 170 g/mol. The highest BCUT2D eigenvalue weighted by molar-refractivity contribution is 6.49. The van der Waals surface area contributed by atoms with Gasteiger partial charge in [0.2, 0.25) is 17.5 Å². The van der Waals surface area contributed by atoms with Crippen molar-refractivity contribution in [1.82, 2.24) is 9.97 Å². The summed E-state index contributed by atoms with van der Waals surface area (Å²) in [6.07, 6.45) is 3.90. The lowest BCUT2D eigenvalue weighted by molar-refractivity contribution is -0.110. The van der Waals surface area contributed by atoms with Crippen LogP contribution in [0.25, 0.3) is 6.08 Å². The van der Waals surface area contributed by atoms with Gasteiger partial charge in [-0.3, -0.25) is 9.59 Å². The fourth-order valence-corrected chi connectivity index (χ4v) is 1.07. The van der Waals surface area contributed by atoms with Crippen LogP contribution in [0.15, 0.2) is 12.3 Å². The van der Waals surface area contributed by atoms with Crippen LogP contribution < -0.4 is 5.73 Å². The Kier molecular flexibility index (Phi) is 1.45. The van der Waals surface area contributed by atoms with Crippen molar-refractivity contribution in [2.24, 2.45) is 0 Å². The molecule has 0 saturated carbocycles. The van der Waals surface area contributed by atoms with Crippen molar-refractivity contribution in [3.05, 3.63) is 23.5 Å². The third-order valence-electron chi connectivity index (χ3n) is 1.70. The molecule has 0 bridgehead atoms. The first-order chi connectivity index (χ1) is 6.18. The van der Waals surface area contributed by atoms with Crippen LogP contribution in [0.5, 0.6) is 0 Å². The number of allylic oxidation sites excluding steroid dienone is 1. The number of fused-ring (bicyclic) bond motifs is 1. The third kappa shape index (κ3) is 1.10. The minimum absolute atomic E-state index is 0.0885. The topological polar surface area (TPSA) is 85.9 Å². The van der Waals surface area contributed by atoms with E-state index in [1.165, 1.54) is 18.3 Å². The predicted molar refractivity (Wildman–Crippen MR) is 44.8 cm³/mol. The SMILES string of the molecule is Nc1ncc2c(n1)C=CC(=O)C2=O. The molecule has 1 aliphatic rings. The highest BCUT2D eigenvalue weighted by atomic mass is 16.2. The van der Waals surface area contributed by atoms with Crippen LogP contribution in [0, 0.1) is 0 Å². The number of hydrogen-bond donors (Lipinski definition) is 1. The van der Waals surface area contributed by atoms with Crippen LogP contribution in [0.4, 0.5) is 5.95 Å². The maximum Gasteiger partial charge on any atom is 0.236 e. The Morgan fingerprint density at radius 2 is 2.00 bits per heavy atom. The lowest BCUT2D eigenvalue weighted by Crippen LogP contribution is -2.18. The first kappa shape index (κ1) is 7.60. The minimum Gasteiger partial charge on any atom is -0.368 e. The molecule has 2 rings (SSSR count). The maximum atomic E-state index is 11.2. The van der Waals surface area contributed by atoms with Gasteiger partial charge in [-0.2, -0.15) is 0 Å². The van der Waals surface area contributed by atoms with Gasteiger partial charge in [-0.05, 0) is 12.2 Å². The molecule has 5 nitrogen and oxygen atoms in total. The number of hydrogen-bond acceptors (Lipinski definition) is 5. The maximum absolute atomic E-state index is 11.2. The van der Waals surface area contributed by atoms with Crippen molar-refractivity contribution in [3.63, 3.8) is 0 Å². The summed E-state index contributed by atoms with van der Waals surface area (Å²) in [7, 11) is 0. The van der Waals surface area contributed by atoms with Crippen LogP contribution in [0.1, 0.15) is 16.1 Å². The van der Waals surface area contributed by atoms with Gasteiger partial charge in [-0.15, -0.1) is 0 Å². The van der Waals surface area contributed by atoms with Gasteiger partial charge < -0.3 is 5.73 Å². The Bertz CT molecular complexity index is 437. The predicted octanol–water partition coefficient (Wildman–Crippen LogP) is -0.163. The average molecular weight is 175 g/mol. The van der Waals surface area contributed by atoms with Crippen molar-refractivity contribution >= 4 is 23.6 Å². The number of anilines is 1. The molecule has 0 fully saturated rings. The number of nitrogens with two attached hydrogens (primary N) is 1. The monoisotopic (exact) mass is 175 g/mol. The van der Waals surface area contributed by atoms with Crippen molar-refractivity contribution in [2.75, 3.05) is 5.73 Å². The van der Waals surface area contributed by atoms with E-state index in [1.807, 2.05) is 0 Å². The number of aromatic nitrogens is 2. The normalized spacial score (nSPS) is 14.5. The molecule has 0 radical (unpaired) electrons. The van der Waals surface area contributed by atoms with Gasteiger partial charge in [0, 0.05) is 6.20 Å². The molecule has 13 heavy (non-hydrogen) atoms. The van der Waals surface area contributed by atoms with Gasteiger partial charge in [0.1, 0.15) is 0 Å². The van der Waals surface area contributed by atoms with Crippen LogP contribution in [-0.4, -0.2) is 21.5 Å². The molecule has 0 aliphatic heterocycles. The molecular formula is C8H5N3O2. The Balaban J connectivity index is 2.66. The standard InChI is InChI=1S/C8H5N3O2/c9-8-10-3-4-5(11-8)1-2-6(12)7(4)13/h1-3H,(H2,9,10,11). The summed E-state index contributed by atoms with van der Waals surface area (Å²) in [5, 5.41) is 0. The second-order valence-electron chi connectivity index (χ2n) is 2.55. The number of carbonyl (C=O) groups excluding carboxylic acids is 2. The van der Waals surface area contributed by atoms with E-state index in [-0.39, 0.29) is 11.5 Å². The molecule has 0 aromatic carbocycles. The first-order valence-electron chi connectivity index (χ1n) is 3.58. The van der Waals surface area contributed by atoms with E-state index < -0.39 is 11.6 Å². The van der Waals surface area contributed by atoms with Crippen molar-refractivity contribution in [1.29, 1.82) is 0 Å². The van der Waals surface area contributed by atoms with Crippen molar-refractivity contribution < 1.29 is 9.59 Å². The van der Waals surface area contributed by atoms with E-state index in [2.05, 4.69) is 9.97 Å². The van der Waals surface area contributed by atoms with Gasteiger partial charge in [0.15, 0.2) is 0 Å². The average Bonchev–Trinajstić information content (AvgIpc) is 2.12. The van der Waals surface area contributed by atoms with E-state index in [9.17, 15) is 9.59 Å². The molecule has 5 heteroatoms. The van der Waals surface area contributed by atoms with Crippen LogP contribution in [0.2, 0.25) is 0 Å². The van der Waals surface area contributed by atoms with E-state index in [1.54, 1.807) is 0 Å². The van der Waals surface area contributed by atoms with Crippen LogP contribution in [0.3, 0.4) is 0 Å². The number of ketones is 2. The van der Waals surface area contributed by atoms with Crippen molar-refractivity contribution in [3.8, 4) is 0 Å². The summed E-state index contributed by atoms with van der Waals surface area (Å²) in [5.74, 6) is -1.05. The third-order valence-corrected chi connectivity index (χ3v) is 1.70. The van der Waals surface area contributed by atoms with Crippen LogP contribution in [-0.2, 0) is 4.79 Å². The zero-order valence-electron chi connectivity index (χ0n) is 6.52. The van der Waals surface area contributed by atoms with E-state index in [0.717, 1.165) is 0 Å². The lowest BCUT2D eigenvalue weighted by atomic mass is 10.0. The molecule has 0 saturated heterocycles. The fourth-order valence-electron chi connectivity index (χ4n) is 1.07. The summed E-state index contributed by atoms with van der Waals surface area (Å²) in [6, 6.07) is 0. The lowest BCUT2D eigenvalue weighted by Gasteiger charge is -2.06. The molecule has 1 heterocycles. The number of carbonyl (C=O) groups is 2. The molecule has 0 unspecified atom stereocenters. The first-order valence-corrected chi connectivity index (χ1v) is 3.58. The quantitative estimate of drug-likeness (QED) is 0.553. The van der Waals surface area contributed by atoms with Gasteiger partial charge in [-0.1, -0.05) is 0 Å².